The Morgan fingerprint density at radius 2 is 2.50 bits per heavy atom. The van der Waals surface area contributed by atoms with Crippen LogP contribution in [0.25, 0.3) is 0 Å². The van der Waals surface area contributed by atoms with Gasteiger partial charge in [0.25, 0.3) is 0 Å². The van der Waals surface area contributed by atoms with Gasteiger partial charge in [0.15, 0.2) is 0 Å². The van der Waals surface area contributed by atoms with Crippen molar-refractivity contribution < 1.29 is 0 Å². The first kappa shape index (κ1) is 10.6. The predicted octanol–water partition coefficient (Wildman–Crippen LogP) is 3.86. The fourth-order valence-corrected chi connectivity index (χ4v) is 3.47. The first-order valence-corrected chi connectivity index (χ1v) is 6.68. The number of hydrogen-bond acceptors (Lipinski definition) is 1. The molecular weight excluding hydrogens is 232 g/mol. The quantitative estimate of drug-likeness (QED) is 0.538. The molecule has 0 N–H and O–H groups in total. The highest BCUT2D eigenvalue weighted by Gasteiger charge is 2.26. The summed E-state index contributed by atoms with van der Waals surface area (Å²) in [6.45, 7) is 6.19. The van der Waals surface area contributed by atoms with Crippen LogP contribution in [0, 0.1) is 5.41 Å². The molecular formula is C10H17BrS. The Balaban J connectivity index is 2.40. The van der Waals surface area contributed by atoms with E-state index in [4.69, 9.17) is 0 Å². The lowest BCUT2D eigenvalue weighted by molar-refractivity contribution is 0.438. The maximum absolute atomic E-state index is 3.91. The van der Waals surface area contributed by atoms with Crippen LogP contribution in [-0.2, 0) is 0 Å². The summed E-state index contributed by atoms with van der Waals surface area (Å²) in [5, 5.41) is 1.92. The molecule has 0 saturated carbocycles. The molecule has 0 spiro atoms. The molecule has 1 fully saturated rings. The molecule has 12 heavy (non-hydrogen) atoms. The summed E-state index contributed by atoms with van der Waals surface area (Å²) >= 11 is 5.69. The smallest absolute Gasteiger partial charge is 0.0120 e. The largest absolute Gasteiger partial charge is 0.159 e. The first-order valence-electron chi connectivity index (χ1n) is 4.51. The van der Waals surface area contributed by atoms with Crippen molar-refractivity contribution in [3.05, 3.63) is 12.7 Å². The number of thioether (sulfide) groups is 1. The summed E-state index contributed by atoms with van der Waals surface area (Å²) in [4.78, 5) is 0. The Morgan fingerprint density at radius 1 is 1.75 bits per heavy atom. The van der Waals surface area contributed by atoms with E-state index in [1.165, 1.54) is 25.0 Å². The topological polar surface area (TPSA) is 0 Å². The molecule has 2 unspecified atom stereocenters. The molecule has 1 aliphatic rings. The van der Waals surface area contributed by atoms with Gasteiger partial charge in [-0.15, -0.1) is 6.58 Å². The van der Waals surface area contributed by atoms with Crippen LogP contribution in [0.4, 0.5) is 0 Å². The molecule has 0 aromatic rings. The Hall–Kier alpha value is 0.570. The van der Waals surface area contributed by atoms with E-state index in [2.05, 4.69) is 47.3 Å². The Morgan fingerprint density at radius 3 is 2.92 bits per heavy atom. The van der Waals surface area contributed by atoms with Crippen molar-refractivity contribution in [3.8, 4) is 0 Å². The normalized spacial score (nSPS) is 28.3. The van der Waals surface area contributed by atoms with Crippen LogP contribution in [-0.4, -0.2) is 16.3 Å². The van der Waals surface area contributed by atoms with Crippen LogP contribution < -0.4 is 0 Å². The zero-order valence-electron chi connectivity index (χ0n) is 7.68. The number of alkyl halides is 1. The third-order valence-corrected chi connectivity index (χ3v) is 5.20. The maximum Gasteiger partial charge on any atom is 0.0120 e. The summed E-state index contributed by atoms with van der Waals surface area (Å²) < 4.78 is 0. The van der Waals surface area contributed by atoms with E-state index in [0.29, 0.717) is 5.41 Å². The van der Waals surface area contributed by atoms with Gasteiger partial charge in [-0.25, -0.2) is 0 Å². The average Bonchev–Trinajstić information content (AvgIpc) is 2.57. The highest BCUT2D eigenvalue weighted by molar-refractivity contribution is 9.09. The van der Waals surface area contributed by atoms with Crippen LogP contribution >= 0.6 is 27.7 Å². The average molecular weight is 249 g/mol. The molecule has 1 heterocycles. The minimum absolute atomic E-state index is 0.308. The number of halogens is 1. The van der Waals surface area contributed by atoms with Gasteiger partial charge in [-0.2, -0.15) is 11.8 Å². The summed E-state index contributed by atoms with van der Waals surface area (Å²) in [6.07, 6.45) is 6.19. The van der Waals surface area contributed by atoms with Crippen molar-refractivity contribution in [1.82, 2.24) is 0 Å². The van der Waals surface area contributed by atoms with Crippen LogP contribution in [0.2, 0.25) is 0 Å². The molecule has 0 aromatic carbocycles. The van der Waals surface area contributed by atoms with Crippen LogP contribution in [0.3, 0.4) is 0 Å². The second-order valence-corrected chi connectivity index (χ2v) is 5.80. The van der Waals surface area contributed by atoms with E-state index in [1.807, 2.05) is 0 Å². The Labute approximate surface area is 88.3 Å². The second kappa shape index (κ2) is 4.71. The summed E-state index contributed by atoms with van der Waals surface area (Å²) in [7, 11) is 0. The van der Waals surface area contributed by atoms with Gasteiger partial charge in [0.1, 0.15) is 0 Å². The van der Waals surface area contributed by atoms with Gasteiger partial charge in [-0.3, -0.25) is 0 Å². The van der Waals surface area contributed by atoms with Gasteiger partial charge < -0.3 is 0 Å². The minimum Gasteiger partial charge on any atom is -0.159 e. The van der Waals surface area contributed by atoms with Gasteiger partial charge in [0.2, 0.25) is 0 Å². The van der Waals surface area contributed by atoms with Gasteiger partial charge in [-0.05, 0) is 30.4 Å². The van der Waals surface area contributed by atoms with Gasteiger partial charge >= 0.3 is 0 Å². The summed E-state index contributed by atoms with van der Waals surface area (Å²) in [6, 6.07) is 0. The molecule has 0 bridgehead atoms. The van der Waals surface area contributed by atoms with Crippen molar-refractivity contribution in [1.29, 1.82) is 0 Å². The highest BCUT2D eigenvalue weighted by atomic mass is 79.9. The molecule has 2 heteroatoms. The van der Waals surface area contributed by atoms with E-state index in [0.717, 1.165) is 10.6 Å². The van der Waals surface area contributed by atoms with Crippen molar-refractivity contribution in [2.24, 2.45) is 5.41 Å². The third kappa shape index (κ3) is 2.81. The Kier molecular flexibility index (Phi) is 4.18. The Bertz CT molecular complexity index is 152. The number of allylic oxidation sites excluding steroid dienone is 1. The van der Waals surface area contributed by atoms with E-state index in [9.17, 15) is 0 Å². The predicted molar refractivity (Wildman–Crippen MR) is 62.2 cm³/mol. The standard InChI is InChI=1S/C10H17BrS/c1-3-10(2,8-11)7-9-5-4-6-12-9/h3,9H,1,4-8H2,2H3. The van der Waals surface area contributed by atoms with E-state index in [-0.39, 0.29) is 0 Å². The zero-order valence-corrected chi connectivity index (χ0v) is 10.1. The lowest BCUT2D eigenvalue weighted by Crippen LogP contribution is -2.19. The van der Waals surface area contributed by atoms with Gasteiger partial charge in [0.05, 0.1) is 0 Å². The van der Waals surface area contributed by atoms with Crippen molar-refractivity contribution >= 4 is 27.7 Å². The SMILES string of the molecule is C=CC(C)(CBr)CC1CCCS1. The van der Waals surface area contributed by atoms with Gasteiger partial charge in [-0.1, -0.05) is 28.9 Å². The van der Waals surface area contributed by atoms with Crippen LogP contribution in [0.5, 0.6) is 0 Å². The lowest BCUT2D eigenvalue weighted by Gasteiger charge is -2.25. The van der Waals surface area contributed by atoms with E-state index < -0.39 is 0 Å². The fourth-order valence-electron chi connectivity index (χ4n) is 1.52. The molecule has 70 valence electrons. The van der Waals surface area contributed by atoms with Gasteiger partial charge in [0, 0.05) is 10.6 Å². The summed E-state index contributed by atoms with van der Waals surface area (Å²) in [5.74, 6) is 1.36. The molecule has 0 amide bonds. The molecule has 0 radical (unpaired) electrons. The fraction of sp³-hybridized carbons (Fsp3) is 0.800. The molecule has 1 saturated heterocycles. The molecule has 1 rings (SSSR count). The second-order valence-electron chi connectivity index (χ2n) is 3.83. The lowest BCUT2D eigenvalue weighted by atomic mass is 9.87. The molecule has 0 aliphatic carbocycles. The van der Waals surface area contributed by atoms with Crippen molar-refractivity contribution in [3.63, 3.8) is 0 Å². The monoisotopic (exact) mass is 248 g/mol. The minimum atomic E-state index is 0.308. The van der Waals surface area contributed by atoms with Crippen molar-refractivity contribution in [2.75, 3.05) is 11.1 Å². The van der Waals surface area contributed by atoms with E-state index >= 15 is 0 Å². The summed E-state index contributed by atoms with van der Waals surface area (Å²) in [5.41, 5.74) is 0.308. The van der Waals surface area contributed by atoms with Crippen LogP contribution in [0.1, 0.15) is 26.2 Å². The molecule has 1 aliphatic heterocycles. The molecule has 0 nitrogen and oxygen atoms in total. The molecule has 0 aromatic heterocycles. The number of rotatable bonds is 4. The highest BCUT2D eigenvalue weighted by Crippen LogP contribution is 2.37. The van der Waals surface area contributed by atoms with Crippen molar-refractivity contribution in [2.45, 2.75) is 31.4 Å². The molecule has 2 atom stereocenters. The van der Waals surface area contributed by atoms with Crippen LogP contribution in [0.15, 0.2) is 12.7 Å². The third-order valence-electron chi connectivity index (χ3n) is 2.52. The first-order chi connectivity index (χ1) is 5.70. The number of hydrogen-bond donors (Lipinski definition) is 0. The maximum atomic E-state index is 3.91. The van der Waals surface area contributed by atoms with E-state index in [1.54, 1.807) is 0 Å². The zero-order chi connectivity index (χ0) is 9.03.